The summed E-state index contributed by atoms with van der Waals surface area (Å²) in [4.78, 5) is 24.5. The first-order valence-corrected chi connectivity index (χ1v) is 8.18. The highest BCUT2D eigenvalue weighted by Crippen LogP contribution is 2.25. The standard InChI is InChI=1S/C14H13N3O6S/c1-2-16(11-7-8-15-13(9-11)14(18)19)24(22,23)12-5-3-10(4-6-12)17(20)21/h3-9H,2H2,1H3,(H,18,19). The van der Waals surface area contributed by atoms with Crippen LogP contribution in [0.3, 0.4) is 0 Å². The van der Waals surface area contributed by atoms with Gasteiger partial charge < -0.3 is 5.11 Å². The molecule has 126 valence electrons. The number of carbonyl (C=O) groups is 1. The highest BCUT2D eigenvalue weighted by Gasteiger charge is 2.25. The summed E-state index contributed by atoms with van der Waals surface area (Å²) in [6.45, 7) is 1.63. The van der Waals surface area contributed by atoms with E-state index in [4.69, 9.17) is 5.11 Å². The van der Waals surface area contributed by atoms with Gasteiger partial charge in [0.2, 0.25) is 0 Å². The third-order valence-corrected chi connectivity index (χ3v) is 5.09. The van der Waals surface area contributed by atoms with Gasteiger partial charge in [-0.1, -0.05) is 0 Å². The van der Waals surface area contributed by atoms with Crippen molar-refractivity contribution in [2.75, 3.05) is 10.8 Å². The third-order valence-electron chi connectivity index (χ3n) is 3.17. The van der Waals surface area contributed by atoms with Crippen LogP contribution >= 0.6 is 0 Å². The van der Waals surface area contributed by atoms with E-state index in [2.05, 4.69) is 4.98 Å². The zero-order valence-electron chi connectivity index (χ0n) is 12.5. The Morgan fingerprint density at radius 3 is 2.42 bits per heavy atom. The zero-order chi connectivity index (χ0) is 17.9. The van der Waals surface area contributed by atoms with Gasteiger partial charge in [-0.15, -0.1) is 0 Å². The lowest BCUT2D eigenvalue weighted by Gasteiger charge is -2.22. The van der Waals surface area contributed by atoms with Crippen LogP contribution in [0.4, 0.5) is 11.4 Å². The fourth-order valence-electron chi connectivity index (χ4n) is 2.05. The van der Waals surface area contributed by atoms with Crippen molar-refractivity contribution in [1.82, 2.24) is 4.98 Å². The van der Waals surface area contributed by atoms with Crippen LogP contribution in [0.2, 0.25) is 0 Å². The van der Waals surface area contributed by atoms with Crippen molar-refractivity contribution < 1.29 is 23.2 Å². The number of benzene rings is 1. The molecule has 0 amide bonds. The maximum absolute atomic E-state index is 12.7. The molecule has 0 aliphatic carbocycles. The van der Waals surface area contributed by atoms with Gasteiger partial charge in [-0.25, -0.2) is 18.2 Å². The van der Waals surface area contributed by atoms with Crippen LogP contribution < -0.4 is 4.31 Å². The average molecular weight is 351 g/mol. The van der Waals surface area contributed by atoms with Crippen molar-refractivity contribution in [2.45, 2.75) is 11.8 Å². The Labute approximate surface area is 137 Å². The Morgan fingerprint density at radius 2 is 1.92 bits per heavy atom. The number of pyridine rings is 1. The molecule has 0 atom stereocenters. The molecule has 1 N–H and O–H groups in total. The van der Waals surface area contributed by atoms with Gasteiger partial charge in [-0.05, 0) is 31.2 Å². The number of nitro benzene ring substituents is 1. The van der Waals surface area contributed by atoms with E-state index in [9.17, 15) is 23.3 Å². The molecule has 0 bridgehead atoms. The van der Waals surface area contributed by atoms with Gasteiger partial charge in [0.05, 0.1) is 15.5 Å². The third kappa shape index (κ3) is 3.33. The predicted octanol–water partition coefficient (Wildman–Crippen LogP) is 1.90. The van der Waals surface area contributed by atoms with E-state index >= 15 is 0 Å². The smallest absolute Gasteiger partial charge is 0.354 e. The summed E-state index contributed by atoms with van der Waals surface area (Å²) in [5, 5.41) is 19.6. The lowest BCUT2D eigenvalue weighted by Crippen LogP contribution is -2.31. The molecule has 1 aromatic heterocycles. The lowest BCUT2D eigenvalue weighted by molar-refractivity contribution is -0.384. The number of nitro groups is 1. The molecule has 0 fully saturated rings. The number of rotatable bonds is 6. The minimum absolute atomic E-state index is 0.0440. The minimum Gasteiger partial charge on any atom is -0.477 e. The van der Waals surface area contributed by atoms with Crippen molar-refractivity contribution in [2.24, 2.45) is 0 Å². The number of carboxylic acids is 1. The Morgan fingerprint density at radius 1 is 1.29 bits per heavy atom. The van der Waals surface area contributed by atoms with Crippen LogP contribution in [0, 0.1) is 10.1 Å². The van der Waals surface area contributed by atoms with E-state index in [0.29, 0.717) is 0 Å². The van der Waals surface area contributed by atoms with Gasteiger partial charge >= 0.3 is 5.97 Å². The maximum atomic E-state index is 12.7. The van der Waals surface area contributed by atoms with Crippen LogP contribution in [0.1, 0.15) is 17.4 Å². The summed E-state index contributed by atoms with van der Waals surface area (Å²) in [5.41, 5.74) is -0.373. The van der Waals surface area contributed by atoms with E-state index < -0.39 is 20.9 Å². The van der Waals surface area contributed by atoms with E-state index in [-0.39, 0.29) is 28.5 Å². The maximum Gasteiger partial charge on any atom is 0.354 e. The normalized spacial score (nSPS) is 11.0. The number of sulfonamides is 1. The Hall–Kier alpha value is -3.01. The number of hydrogen-bond acceptors (Lipinski definition) is 6. The zero-order valence-corrected chi connectivity index (χ0v) is 13.3. The number of nitrogens with zero attached hydrogens (tertiary/aromatic N) is 3. The molecule has 0 spiro atoms. The molecule has 1 heterocycles. The van der Waals surface area contributed by atoms with Crippen molar-refractivity contribution in [3.63, 3.8) is 0 Å². The number of aromatic carboxylic acids is 1. The Balaban J connectivity index is 2.46. The molecular weight excluding hydrogens is 338 g/mol. The largest absolute Gasteiger partial charge is 0.477 e. The Kier molecular flexibility index (Phi) is 4.79. The molecule has 0 radical (unpaired) electrons. The molecule has 0 aliphatic heterocycles. The van der Waals surface area contributed by atoms with Gasteiger partial charge in [-0.2, -0.15) is 0 Å². The SMILES string of the molecule is CCN(c1ccnc(C(=O)O)c1)S(=O)(=O)c1ccc([N+](=O)[O-])cc1. The number of aromatic nitrogens is 1. The van der Waals surface area contributed by atoms with Crippen molar-refractivity contribution in [3.8, 4) is 0 Å². The summed E-state index contributed by atoms with van der Waals surface area (Å²) < 4.78 is 26.4. The van der Waals surface area contributed by atoms with E-state index in [0.717, 1.165) is 34.6 Å². The second kappa shape index (κ2) is 6.62. The molecule has 0 saturated heterocycles. The molecule has 2 rings (SSSR count). The average Bonchev–Trinajstić information content (AvgIpc) is 2.55. The monoisotopic (exact) mass is 351 g/mol. The summed E-state index contributed by atoms with van der Waals surface area (Å²) >= 11 is 0. The van der Waals surface area contributed by atoms with E-state index in [1.54, 1.807) is 6.92 Å². The first kappa shape index (κ1) is 17.3. The Bertz CT molecular complexity index is 880. The quantitative estimate of drug-likeness (QED) is 0.621. The van der Waals surface area contributed by atoms with Crippen molar-refractivity contribution >= 4 is 27.4 Å². The second-order valence-corrected chi connectivity index (χ2v) is 6.49. The lowest BCUT2D eigenvalue weighted by atomic mass is 10.3. The highest BCUT2D eigenvalue weighted by molar-refractivity contribution is 7.92. The van der Waals surface area contributed by atoms with E-state index in [1.807, 2.05) is 0 Å². The molecular formula is C14H13N3O6S. The van der Waals surface area contributed by atoms with Crippen molar-refractivity contribution in [1.29, 1.82) is 0 Å². The molecule has 24 heavy (non-hydrogen) atoms. The molecule has 10 heteroatoms. The number of non-ortho nitro benzene ring substituents is 1. The molecule has 1 aromatic carbocycles. The highest BCUT2D eigenvalue weighted by atomic mass is 32.2. The van der Waals surface area contributed by atoms with Crippen LogP contribution in [-0.2, 0) is 10.0 Å². The van der Waals surface area contributed by atoms with Gasteiger partial charge in [0, 0.05) is 24.9 Å². The first-order chi connectivity index (χ1) is 11.3. The second-order valence-electron chi connectivity index (χ2n) is 4.63. The molecule has 9 nitrogen and oxygen atoms in total. The van der Waals surface area contributed by atoms with Gasteiger partial charge in [-0.3, -0.25) is 14.4 Å². The minimum atomic E-state index is -4.00. The van der Waals surface area contributed by atoms with Crippen molar-refractivity contribution in [3.05, 3.63) is 58.4 Å². The number of anilines is 1. The van der Waals surface area contributed by atoms with Crippen LogP contribution in [0.15, 0.2) is 47.5 Å². The predicted molar refractivity (Wildman–Crippen MR) is 84.5 cm³/mol. The van der Waals surface area contributed by atoms with Gasteiger partial charge in [0.15, 0.2) is 0 Å². The van der Waals surface area contributed by atoms with Crippen LogP contribution in [0.5, 0.6) is 0 Å². The summed E-state index contributed by atoms with van der Waals surface area (Å²) in [7, 11) is -4.00. The molecule has 0 aliphatic rings. The number of hydrogen-bond donors (Lipinski definition) is 1. The van der Waals surface area contributed by atoms with Gasteiger partial charge in [0.1, 0.15) is 5.69 Å². The molecule has 2 aromatic rings. The molecule has 0 unspecified atom stereocenters. The summed E-state index contributed by atoms with van der Waals surface area (Å²) in [6, 6.07) is 6.98. The van der Waals surface area contributed by atoms with Gasteiger partial charge in [0.25, 0.3) is 15.7 Å². The molecule has 0 saturated carbocycles. The fourth-order valence-corrected chi connectivity index (χ4v) is 3.52. The summed E-state index contributed by atoms with van der Waals surface area (Å²) in [5.74, 6) is -1.28. The van der Waals surface area contributed by atoms with Crippen LogP contribution in [-0.4, -0.2) is 35.9 Å². The topological polar surface area (TPSA) is 131 Å². The van der Waals surface area contributed by atoms with Crippen LogP contribution in [0.25, 0.3) is 0 Å². The fraction of sp³-hybridized carbons (Fsp3) is 0.143. The first-order valence-electron chi connectivity index (χ1n) is 6.74. The summed E-state index contributed by atoms with van der Waals surface area (Å²) in [6.07, 6.45) is 1.20. The van der Waals surface area contributed by atoms with E-state index in [1.165, 1.54) is 12.3 Å². The number of carboxylic acid groups (broad SMARTS) is 1.